The molecule has 0 atom stereocenters. The van der Waals surface area contributed by atoms with Crippen LogP contribution in [0.2, 0.25) is 5.02 Å². The molecule has 5 heteroatoms. The number of anilines is 1. The van der Waals surface area contributed by atoms with E-state index in [1.54, 1.807) is 24.3 Å². The summed E-state index contributed by atoms with van der Waals surface area (Å²) in [5.41, 5.74) is 5.03. The summed E-state index contributed by atoms with van der Waals surface area (Å²) in [6, 6.07) is 13.6. The lowest BCUT2D eigenvalue weighted by Gasteiger charge is -2.39. The maximum Gasteiger partial charge on any atom is 0.264 e. The molecule has 2 aliphatic rings. The third-order valence-corrected chi connectivity index (χ3v) is 6.77. The van der Waals surface area contributed by atoms with Crippen molar-refractivity contribution in [1.82, 2.24) is 4.90 Å². The summed E-state index contributed by atoms with van der Waals surface area (Å²) in [5, 5.41) is 0.653. The van der Waals surface area contributed by atoms with Gasteiger partial charge >= 0.3 is 0 Å². The van der Waals surface area contributed by atoms with Crippen LogP contribution in [0.5, 0.6) is 5.75 Å². The Bertz CT molecular complexity index is 971. The van der Waals surface area contributed by atoms with Gasteiger partial charge in [-0.3, -0.25) is 9.69 Å². The van der Waals surface area contributed by atoms with E-state index in [0.29, 0.717) is 10.8 Å². The maximum atomic E-state index is 13.2. The first kappa shape index (κ1) is 21.9. The molecule has 1 saturated heterocycles. The number of aryl methyl sites for hydroxylation is 1. The number of likely N-dealkylation sites (tertiary alicyclic amines) is 1. The number of benzene rings is 2. The van der Waals surface area contributed by atoms with Crippen LogP contribution in [0.15, 0.2) is 54.1 Å². The highest BCUT2D eigenvalue weighted by Gasteiger charge is 2.46. The van der Waals surface area contributed by atoms with Gasteiger partial charge in [0.05, 0.1) is 0 Å². The Morgan fingerprint density at radius 1 is 1.13 bits per heavy atom. The predicted molar refractivity (Wildman–Crippen MR) is 127 cm³/mol. The highest BCUT2D eigenvalue weighted by Crippen LogP contribution is 2.47. The molecule has 0 radical (unpaired) electrons. The van der Waals surface area contributed by atoms with Crippen molar-refractivity contribution >= 4 is 23.2 Å². The quantitative estimate of drug-likeness (QED) is 0.588. The fourth-order valence-electron chi connectivity index (χ4n) is 4.66. The van der Waals surface area contributed by atoms with Gasteiger partial charge in [0.1, 0.15) is 5.75 Å². The molecule has 0 aliphatic carbocycles. The number of hydrogen-bond acceptors (Lipinski definition) is 3. The Hall–Kier alpha value is -2.30. The molecule has 2 aromatic carbocycles. The van der Waals surface area contributed by atoms with Crippen molar-refractivity contribution in [1.29, 1.82) is 0 Å². The van der Waals surface area contributed by atoms with Crippen molar-refractivity contribution in [2.45, 2.75) is 39.0 Å². The molecule has 1 spiro atoms. The Morgan fingerprint density at radius 3 is 2.52 bits per heavy atom. The van der Waals surface area contributed by atoms with E-state index in [1.165, 1.54) is 16.7 Å². The third-order valence-electron chi connectivity index (χ3n) is 6.52. The van der Waals surface area contributed by atoms with Crippen LogP contribution < -0.4 is 9.64 Å². The Balaban J connectivity index is 1.49. The lowest BCUT2D eigenvalue weighted by molar-refractivity contribution is -0.120. The van der Waals surface area contributed by atoms with E-state index >= 15 is 0 Å². The number of allylic oxidation sites excluding steroid dienone is 1. The monoisotopic (exact) mass is 438 g/mol. The zero-order valence-corrected chi connectivity index (χ0v) is 19.4. The number of rotatable bonds is 5. The van der Waals surface area contributed by atoms with Crippen LogP contribution >= 0.6 is 11.6 Å². The van der Waals surface area contributed by atoms with Crippen LogP contribution in [0.3, 0.4) is 0 Å². The van der Waals surface area contributed by atoms with Gasteiger partial charge in [0.2, 0.25) is 0 Å². The zero-order chi connectivity index (χ0) is 22.0. The highest BCUT2D eigenvalue weighted by molar-refractivity contribution is 6.30. The Kier molecular flexibility index (Phi) is 6.40. The molecular weight excluding hydrogens is 408 g/mol. The maximum absolute atomic E-state index is 13.2. The minimum Gasteiger partial charge on any atom is -0.484 e. The topological polar surface area (TPSA) is 32.8 Å². The number of nitrogens with zero attached hydrogens (tertiary/aromatic N) is 2. The van der Waals surface area contributed by atoms with Crippen molar-refractivity contribution in [3.05, 3.63) is 70.3 Å². The van der Waals surface area contributed by atoms with Crippen LogP contribution in [-0.4, -0.2) is 43.6 Å². The summed E-state index contributed by atoms with van der Waals surface area (Å²) in [6.45, 7) is 10.3. The summed E-state index contributed by atoms with van der Waals surface area (Å²) in [7, 11) is 0. The van der Waals surface area contributed by atoms with E-state index in [1.807, 2.05) is 4.90 Å². The molecule has 0 unspecified atom stereocenters. The van der Waals surface area contributed by atoms with E-state index in [-0.39, 0.29) is 17.9 Å². The van der Waals surface area contributed by atoms with E-state index in [2.05, 4.69) is 49.9 Å². The van der Waals surface area contributed by atoms with Crippen LogP contribution in [0, 0.1) is 6.92 Å². The lowest BCUT2D eigenvalue weighted by atomic mass is 9.74. The second-order valence-electron chi connectivity index (χ2n) is 9.11. The normalized spacial score (nSPS) is 17.5. The summed E-state index contributed by atoms with van der Waals surface area (Å²) in [6.07, 6.45) is 4.44. The Labute approximate surface area is 190 Å². The van der Waals surface area contributed by atoms with E-state index in [9.17, 15) is 4.79 Å². The fourth-order valence-corrected chi connectivity index (χ4v) is 4.79. The minimum absolute atomic E-state index is 0.00361. The minimum atomic E-state index is 0.00361. The van der Waals surface area contributed by atoms with Gasteiger partial charge in [-0.1, -0.05) is 40.9 Å². The zero-order valence-electron chi connectivity index (χ0n) is 18.7. The van der Waals surface area contributed by atoms with Crippen LogP contribution in [0.25, 0.3) is 0 Å². The summed E-state index contributed by atoms with van der Waals surface area (Å²) >= 11 is 5.94. The van der Waals surface area contributed by atoms with Gasteiger partial charge in [-0.15, -0.1) is 0 Å². The highest BCUT2D eigenvalue weighted by atomic mass is 35.5. The molecule has 4 nitrogen and oxygen atoms in total. The standard InChI is InChI=1S/C26H31ClN2O2/c1-19(2)10-13-28-14-11-26(12-15-28)18-29(24-9-4-20(3)16-23(24)26)25(30)17-31-22-7-5-21(27)6-8-22/h4-10,16H,11-15,17-18H2,1-3H3. The van der Waals surface area contributed by atoms with Gasteiger partial charge in [-0.2, -0.15) is 0 Å². The van der Waals surface area contributed by atoms with Crippen LogP contribution in [0.4, 0.5) is 5.69 Å². The molecule has 1 amide bonds. The largest absolute Gasteiger partial charge is 0.484 e. The Morgan fingerprint density at radius 2 is 1.84 bits per heavy atom. The van der Waals surface area contributed by atoms with Gasteiger partial charge in [-0.05, 0) is 82.6 Å². The average molecular weight is 439 g/mol. The van der Waals surface area contributed by atoms with Crippen molar-refractivity contribution in [3.8, 4) is 5.75 Å². The fraction of sp³-hybridized carbons (Fsp3) is 0.423. The molecule has 164 valence electrons. The van der Waals surface area contributed by atoms with Crippen LogP contribution in [0.1, 0.15) is 37.8 Å². The molecule has 2 heterocycles. The first-order valence-electron chi connectivity index (χ1n) is 11.0. The van der Waals surface area contributed by atoms with E-state index in [0.717, 1.165) is 44.7 Å². The summed E-state index contributed by atoms with van der Waals surface area (Å²) in [5.74, 6) is 0.660. The molecule has 2 aromatic rings. The van der Waals surface area contributed by atoms with Gasteiger partial charge in [0.15, 0.2) is 6.61 Å². The second-order valence-corrected chi connectivity index (χ2v) is 9.54. The van der Waals surface area contributed by atoms with E-state index in [4.69, 9.17) is 16.3 Å². The number of piperidine rings is 1. The average Bonchev–Trinajstić information content (AvgIpc) is 3.06. The molecule has 0 saturated carbocycles. The number of carbonyl (C=O) groups excluding carboxylic acids is 1. The van der Waals surface area contributed by atoms with Crippen molar-refractivity contribution in [2.24, 2.45) is 0 Å². The number of hydrogen-bond donors (Lipinski definition) is 0. The van der Waals surface area contributed by atoms with Gasteiger partial charge < -0.3 is 9.64 Å². The molecule has 31 heavy (non-hydrogen) atoms. The number of ether oxygens (including phenoxy) is 1. The third kappa shape index (κ3) is 4.81. The molecule has 4 rings (SSSR count). The SMILES string of the molecule is CC(C)=CCN1CCC2(CC1)CN(C(=O)COc1ccc(Cl)cc1)c1ccc(C)cc12. The molecule has 0 aromatic heterocycles. The number of carbonyl (C=O) groups is 1. The molecule has 1 fully saturated rings. The first-order chi connectivity index (χ1) is 14.9. The van der Waals surface area contributed by atoms with Crippen molar-refractivity contribution < 1.29 is 9.53 Å². The molecule has 0 N–H and O–H groups in total. The predicted octanol–water partition coefficient (Wildman–Crippen LogP) is 5.37. The number of amides is 1. The number of fused-ring (bicyclic) bond motifs is 2. The van der Waals surface area contributed by atoms with Gasteiger partial charge in [-0.25, -0.2) is 0 Å². The summed E-state index contributed by atoms with van der Waals surface area (Å²) in [4.78, 5) is 17.6. The van der Waals surface area contributed by atoms with Gasteiger partial charge in [0.25, 0.3) is 5.91 Å². The summed E-state index contributed by atoms with van der Waals surface area (Å²) < 4.78 is 5.76. The second kappa shape index (κ2) is 9.05. The van der Waals surface area contributed by atoms with E-state index < -0.39 is 0 Å². The molecule has 2 aliphatic heterocycles. The smallest absolute Gasteiger partial charge is 0.264 e. The molecule has 0 bridgehead atoms. The number of halogens is 1. The van der Waals surface area contributed by atoms with Crippen molar-refractivity contribution in [3.63, 3.8) is 0 Å². The van der Waals surface area contributed by atoms with Crippen LogP contribution in [-0.2, 0) is 10.2 Å². The van der Waals surface area contributed by atoms with Gasteiger partial charge in [0, 0.05) is 29.2 Å². The lowest BCUT2D eigenvalue weighted by Crippen LogP contribution is -2.46. The first-order valence-corrected chi connectivity index (χ1v) is 11.4. The van der Waals surface area contributed by atoms with Crippen molar-refractivity contribution in [2.75, 3.05) is 37.7 Å². The molecular formula is C26H31ClN2O2.